The topological polar surface area (TPSA) is 26.3 Å². The number of benzene rings is 1. The van der Waals surface area contributed by atoms with Gasteiger partial charge >= 0.3 is 0 Å². The molecule has 0 saturated heterocycles. The van der Waals surface area contributed by atoms with E-state index in [2.05, 4.69) is 19.1 Å². The largest absolute Gasteiger partial charge is 0.494 e. The molecule has 2 nitrogen and oxygen atoms in total. The quantitative estimate of drug-likeness (QED) is 0.723. The summed E-state index contributed by atoms with van der Waals surface area (Å²) in [5.41, 5.74) is 1.25. The van der Waals surface area contributed by atoms with Crippen LogP contribution in [0.25, 0.3) is 0 Å². The van der Waals surface area contributed by atoms with Gasteiger partial charge in [0.05, 0.1) is 6.61 Å². The van der Waals surface area contributed by atoms with Crippen LogP contribution in [0.5, 0.6) is 5.75 Å². The summed E-state index contributed by atoms with van der Waals surface area (Å²) in [7, 11) is 0. The Kier molecular flexibility index (Phi) is 4.18. The van der Waals surface area contributed by atoms with E-state index in [1.54, 1.807) is 0 Å². The van der Waals surface area contributed by atoms with Crippen molar-refractivity contribution in [3.05, 3.63) is 29.8 Å². The van der Waals surface area contributed by atoms with Crippen LogP contribution in [0, 0.1) is 0 Å². The van der Waals surface area contributed by atoms with Gasteiger partial charge in [0.2, 0.25) is 0 Å². The molecule has 1 saturated carbocycles. The number of carbonyl (C=O) groups excluding carboxylic acids is 1. The maximum atomic E-state index is 11.3. The fraction of sp³-hybridized carbons (Fsp3) is 0.533. The molecule has 1 atom stereocenters. The maximum Gasteiger partial charge on any atom is 0.133 e. The lowest BCUT2D eigenvalue weighted by molar-refractivity contribution is -0.117. The van der Waals surface area contributed by atoms with Gasteiger partial charge in [0.25, 0.3) is 0 Å². The second kappa shape index (κ2) is 5.85. The molecule has 2 rings (SSSR count). The first-order chi connectivity index (χ1) is 8.29. The van der Waals surface area contributed by atoms with Gasteiger partial charge in [-0.15, -0.1) is 0 Å². The van der Waals surface area contributed by atoms with Gasteiger partial charge in [0.15, 0.2) is 0 Å². The van der Waals surface area contributed by atoms with Crippen molar-refractivity contribution in [2.24, 2.45) is 0 Å². The average Bonchev–Trinajstić information content (AvgIpc) is 2.77. The molecular weight excluding hydrogens is 212 g/mol. The van der Waals surface area contributed by atoms with Crippen molar-refractivity contribution in [2.75, 3.05) is 6.61 Å². The number of ketones is 1. The first-order valence-corrected chi connectivity index (χ1v) is 6.54. The van der Waals surface area contributed by atoms with E-state index in [0.29, 0.717) is 18.1 Å². The summed E-state index contributed by atoms with van der Waals surface area (Å²) in [6.07, 6.45) is 4.68. The highest BCUT2D eigenvalue weighted by atomic mass is 16.5. The summed E-state index contributed by atoms with van der Waals surface area (Å²) < 4.78 is 5.69. The summed E-state index contributed by atoms with van der Waals surface area (Å²) in [5.74, 6) is 1.75. The molecule has 1 unspecified atom stereocenters. The van der Waals surface area contributed by atoms with Crippen molar-refractivity contribution in [1.29, 1.82) is 0 Å². The summed E-state index contributed by atoms with van der Waals surface area (Å²) in [6, 6.07) is 8.23. The minimum Gasteiger partial charge on any atom is -0.494 e. The molecule has 17 heavy (non-hydrogen) atoms. The molecule has 0 aliphatic heterocycles. The third-order valence-corrected chi connectivity index (χ3v) is 3.34. The van der Waals surface area contributed by atoms with Crippen LogP contribution < -0.4 is 4.74 Å². The van der Waals surface area contributed by atoms with Gasteiger partial charge in [0.1, 0.15) is 11.5 Å². The van der Waals surface area contributed by atoms with E-state index in [1.165, 1.54) is 5.56 Å². The molecule has 2 heteroatoms. The second-order valence-electron chi connectivity index (χ2n) is 4.75. The Morgan fingerprint density at radius 3 is 3.00 bits per heavy atom. The first-order valence-electron chi connectivity index (χ1n) is 6.54. The molecule has 0 N–H and O–H groups in total. The summed E-state index contributed by atoms with van der Waals surface area (Å²) >= 11 is 0. The van der Waals surface area contributed by atoms with Crippen LogP contribution in [0.2, 0.25) is 0 Å². The minimum absolute atomic E-state index is 0.396. The predicted molar refractivity (Wildman–Crippen MR) is 68.4 cm³/mol. The van der Waals surface area contributed by atoms with Crippen LogP contribution in [0.1, 0.15) is 50.5 Å². The Hall–Kier alpha value is -1.31. The molecular formula is C15H20O2. The van der Waals surface area contributed by atoms with Crippen molar-refractivity contribution in [3.63, 3.8) is 0 Å². The Morgan fingerprint density at radius 1 is 1.41 bits per heavy atom. The standard InChI is InChI=1S/C15H20O2/c1-2-3-9-17-15-6-4-5-12(11-15)13-7-8-14(16)10-13/h4-6,11,13H,2-3,7-10H2,1H3. The lowest BCUT2D eigenvalue weighted by Gasteiger charge is -2.11. The van der Waals surface area contributed by atoms with Crippen molar-refractivity contribution in [2.45, 2.75) is 44.9 Å². The van der Waals surface area contributed by atoms with E-state index in [9.17, 15) is 4.79 Å². The Morgan fingerprint density at radius 2 is 2.29 bits per heavy atom. The summed E-state index contributed by atoms with van der Waals surface area (Å²) in [4.78, 5) is 11.3. The SMILES string of the molecule is CCCCOc1cccc(C2CCC(=O)C2)c1. The van der Waals surface area contributed by atoms with Crippen LogP contribution in [-0.2, 0) is 4.79 Å². The predicted octanol–water partition coefficient (Wildman–Crippen LogP) is 3.70. The highest BCUT2D eigenvalue weighted by molar-refractivity contribution is 5.81. The highest BCUT2D eigenvalue weighted by Gasteiger charge is 2.23. The van der Waals surface area contributed by atoms with E-state index in [0.717, 1.165) is 38.0 Å². The van der Waals surface area contributed by atoms with Crippen LogP contribution in [0.15, 0.2) is 24.3 Å². The molecule has 1 fully saturated rings. The van der Waals surface area contributed by atoms with Gasteiger partial charge in [-0.1, -0.05) is 25.5 Å². The fourth-order valence-corrected chi connectivity index (χ4v) is 2.29. The molecule has 1 aliphatic carbocycles. The van der Waals surface area contributed by atoms with E-state index in [-0.39, 0.29) is 0 Å². The van der Waals surface area contributed by atoms with Crippen LogP contribution in [0.3, 0.4) is 0 Å². The maximum absolute atomic E-state index is 11.3. The molecule has 1 aliphatic rings. The van der Waals surface area contributed by atoms with Crippen molar-refractivity contribution in [1.82, 2.24) is 0 Å². The van der Waals surface area contributed by atoms with Gasteiger partial charge in [-0.3, -0.25) is 4.79 Å². The number of unbranched alkanes of at least 4 members (excludes halogenated alkanes) is 1. The van der Waals surface area contributed by atoms with Crippen LogP contribution >= 0.6 is 0 Å². The smallest absolute Gasteiger partial charge is 0.133 e. The minimum atomic E-state index is 0.396. The van der Waals surface area contributed by atoms with E-state index >= 15 is 0 Å². The summed E-state index contributed by atoms with van der Waals surface area (Å²) in [6.45, 7) is 2.94. The van der Waals surface area contributed by atoms with E-state index < -0.39 is 0 Å². The van der Waals surface area contributed by atoms with Crippen LogP contribution in [-0.4, -0.2) is 12.4 Å². The lowest BCUT2D eigenvalue weighted by atomic mass is 9.97. The van der Waals surface area contributed by atoms with Gasteiger partial charge in [0, 0.05) is 12.8 Å². The number of ether oxygens (including phenoxy) is 1. The number of Topliss-reactive ketones (excluding diaryl/α,β-unsaturated/α-hetero) is 1. The molecule has 92 valence electrons. The number of hydrogen-bond donors (Lipinski definition) is 0. The molecule has 0 heterocycles. The van der Waals surface area contributed by atoms with Gasteiger partial charge in [-0.2, -0.15) is 0 Å². The molecule has 0 aromatic heterocycles. The summed E-state index contributed by atoms with van der Waals surface area (Å²) in [5, 5.41) is 0. The zero-order valence-corrected chi connectivity index (χ0v) is 10.4. The molecule has 1 aromatic carbocycles. The number of rotatable bonds is 5. The Balaban J connectivity index is 1.98. The highest BCUT2D eigenvalue weighted by Crippen LogP contribution is 2.33. The molecule has 0 spiro atoms. The molecule has 0 radical (unpaired) electrons. The normalized spacial score (nSPS) is 19.6. The monoisotopic (exact) mass is 232 g/mol. The van der Waals surface area contributed by atoms with Gasteiger partial charge in [-0.25, -0.2) is 0 Å². The van der Waals surface area contributed by atoms with Crippen molar-refractivity contribution < 1.29 is 9.53 Å². The zero-order chi connectivity index (χ0) is 12.1. The molecule has 0 bridgehead atoms. The van der Waals surface area contributed by atoms with Crippen molar-refractivity contribution in [3.8, 4) is 5.75 Å². The molecule has 1 aromatic rings. The molecule has 0 amide bonds. The number of carbonyl (C=O) groups is 1. The Bertz CT molecular complexity index is 384. The first kappa shape index (κ1) is 12.2. The van der Waals surface area contributed by atoms with E-state index in [1.807, 2.05) is 12.1 Å². The lowest BCUT2D eigenvalue weighted by Crippen LogP contribution is -1.99. The van der Waals surface area contributed by atoms with E-state index in [4.69, 9.17) is 4.74 Å². The van der Waals surface area contributed by atoms with Gasteiger partial charge < -0.3 is 4.74 Å². The average molecular weight is 232 g/mol. The van der Waals surface area contributed by atoms with Gasteiger partial charge in [-0.05, 0) is 36.5 Å². The van der Waals surface area contributed by atoms with Crippen LogP contribution in [0.4, 0.5) is 0 Å². The zero-order valence-electron chi connectivity index (χ0n) is 10.4. The Labute approximate surface area is 103 Å². The third-order valence-electron chi connectivity index (χ3n) is 3.34. The second-order valence-corrected chi connectivity index (χ2v) is 4.75. The number of hydrogen-bond acceptors (Lipinski definition) is 2. The van der Waals surface area contributed by atoms with Crippen molar-refractivity contribution >= 4 is 5.78 Å². The third kappa shape index (κ3) is 3.32. The fourth-order valence-electron chi connectivity index (χ4n) is 2.29.